The summed E-state index contributed by atoms with van der Waals surface area (Å²) in [6.07, 6.45) is 16.4. The van der Waals surface area contributed by atoms with E-state index >= 15 is 0 Å². The lowest BCUT2D eigenvalue weighted by Crippen LogP contribution is -2.28. The second kappa shape index (κ2) is 47.7. The summed E-state index contributed by atoms with van der Waals surface area (Å²) in [6, 6.07) is 0. The molecule has 0 heterocycles. The minimum atomic E-state index is -4.07. The zero-order chi connectivity index (χ0) is 53.4. The molecule has 0 spiro atoms. The second-order valence-electron chi connectivity index (χ2n) is 17.3. The van der Waals surface area contributed by atoms with Gasteiger partial charge in [-0.1, -0.05) is 62.3 Å². The molecule has 1 rings (SSSR count). The van der Waals surface area contributed by atoms with E-state index in [2.05, 4.69) is 56.6 Å². The SMILES string of the molecule is CCCOP(=O)(O)OCCNC(=O)CCOCCOCCOCCOCCOCCOCCOCCOCCOCCOCCOCCOCCNC(=O)/C=C(C)/C=C/C=C(C)/C=C/C1=C(C)CCCC1(C)C. The summed E-state index contributed by atoms with van der Waals surface area (Å²) in [5, 5.41) is 5.42. The van der Waals surface area contributed by atoms with Gasteiger partial charge >= 0.3 is 7.82 Å². The summed E-state index contributed by atoms with van der Waals surface area (Å²) in [5.41, 5.74) is 5.20. The van der Waals surface area contributed by atoms with Crippen LogP contribution in [-0.2, 0) is 80.0 Å². The summed E-state index contributed by atoms with van der Waals surface area (Å²) >= 11 is 0. The van der Waals surface area contributed by atoms with Crippen LogP contribution >= 0.6 is 7.82 Å². The van der Waals surface area contributed by atoms with Gasteiger partial charge in [0, 0.05) is 25.6 Å². The molecule has 0 bridgehead atoms. The quantitative estimate of drug-likeness (QED) is 0.0280. The molecule has 0 aromatic heterocycles. The highest BCUT2D eigenvalue weighted by Gasteiger charge is 2.26. The molecule has 0 saturated heterocycles. The Kier molecular flexibility index (Phi) is 44.6. The van der Waals surface area contributed by atoms with Gasteiger partial charge in [0.15, 0.2) is 0 Å². The van der Waals surface area contributed by atoms with Crippen LogP contribution in [0.3, 0.4) is 0 Å². The normalized spacial score (nSPS) is 15.2. The Bertz CT molecular complexity index is 1590. The first-order valence-corrected chi connectivity index (χ1v) is 27.4. The smallest absolute Gasteiger partial charge is 0.379 e. The molecule has 0 fully saturated rings. The van der Waals surface area contributed by atoms with Crippen molar-refractivity contribution in [2.75, 3.05) is 185 Å². The zero-order valence-electron chi connectivity index (χ0n) is 45.1. The van der Waals surface area contributed by atoms with Crippen LogP contribution in [0.1, 0.15) is 73.6 Å². The van der Waals surface area contributed by atoms with Crippen molar-refractivity contribution in [2.45, 2.75) is 73.6 Å². The first kappa shape index (κ1) is 68.3. The Morgan fingerprint density at radius 2 is 0.959 bits per heavy atom. The van der Waals surface area contributed by atoms with E-state index in [-0.39, 0.29) is 50.0 Å². The summed E-state index contributed by atoms with van der Waals surface area (Å²) < 4.78 is 86.9. The maximum Gasteiger partial charge on any atom is 0.472 e. The van der Waals surface area contributed by atoms with Gasteiger partial charge in [-0.25, -0.2) is 4.57 Å². The van der Waals surface area contributed by atoms with E-state index in [9.17, 15) is 19.0 Å². The van der Waals surface area contributed by atoms with E-state index in [1.54, 1.807) is 6.08 Å². The predicted octanol–water partition coefficient (Wildman–Crippen LogP) is 5.88. The molecule has 0 aromatic carbocycles. The fraction of sp³-hybridized carbons (Fsp3) is 0.769. The van der Waals surface area contributed by atoms with Crippen LogP contribution in [0.25, 0.3) is 0 Å². The van der Waals surface area contributed by atoms with Gasteiger partial charge in [-0.05, 0) is 63.0 Å². The number of carbonyl (C=O) groups is 2. The number of rotatable bonds is 51. The first-order chi connectivity index (χ1) is 35.4. The highest BCUT2D eigenvalue weighted by Crippen LogP contribution is 2.43. The molecule has 1 aliphatic rings. The number of carbonyl (C=O) groups excluding carboxylic acids is 2. The van der Waals surface area contributed by atoms with E-state index < -0.39 is 7.82 Å². The number of hydrogen-bond acceptors (Lipinski definition) is 17. The maximum absolute atomic E-state index is 12.2. The van der Waals surface area contributed by atoms with Crippen LogP contribution in [0.2, 0.25) is 0 Å². The fourth-order valence-electron chi connectivity index (χ4n) is 6.55. The van der Waals surface area contributed by atoms with Crippen molar-refractivity contribution in [3.63, 3.8) is 0 Å². The average molecular weight is 1070 g/mol. The Labute approximate surface area is 436 Å². The third-order valence-electron chi connectivity index (χ3n) is 10.4. The van der Waals surface area contributed by atoms with Gasteiger partial charge in [-0.3, -0.25) is 18.6 Å². The van der Waals surface area contributed by atoms with E-state index in [4.69, 9.17) is 65.9 Å². The lowest BCUT2D eigenvalue weighted by atomic mass is 9.72. The van der Waals surface area contributed by atoms with Crippen molar-refractivity contribution in [1.29, 1.82) is 0 Å². The molecule has 3 N–H and O–H groups in total. The van der Waals surface area contributed by atoms with E-state index in [1.165, 1.54) is 30.4 Å². The van der Waals surface area contributed by atoms with Crippen LogP contribution < -0.4 is 10.6 Å². The number of phosphoric ester groups is 1. The number of nitrogens with one attached hydrogen (secondary N) is 2. The molecule has 1 atom stereocenters. The minimum Gasteiger partial charge on any atom is -0.379 e. The molecule has 0 aromatic rings. The maximum atomic E-state index is 12.2. The number of allylic oxidation sites excluding steroid dienone is 9. The first-order valence-electron chi connectivity index (χ1n) is 25.9. The van der Waals surface area contributed by atoms with Gasteiger partial charge in [-0.2, -0.15) is 0 Å². The van der Waals surface area contributed by atoms with Gasteiger partial charge in [-0.15, -0.1) is 0 Å². The average Bonchev–Trinajstić information content (AvgIpc) is 3.35. The molecule has 73 heavy (non-hydrogen) atoms. The van der Waals surface area contributed by atoms with Crippen molar-refractivity contribution in [3.05, 3.63) is 58.7 Å². The molecular formula is C52H93N2O18P. The van der Waals surface area contributed by atoms with Gasteiger partial charge in [0.25, 0.3) is 0 Å². The molecule has 0 aliphatic heterocycles. The third kappa shape index (κ3) is 44.1. The van der Waals surface area contributed by atoms with Crippen molar-refractivity contribution in [1.82, 2.24) is 10.6 Å². The largest absolute Gasteiger partial charge is 0.472 e. The van der Waals surface area contributed by atoms with Gasteiger partial charge in [0.05, 0.1) is 172 Å². The summed E-state index contributed by atoms with van der Waals surface area (Å²) in [6.45, 7) is 23.7. The molecule has 0 radical (unpaired) electrons. The molecule has 2 amide bonds. The molecule has 1 unspecified atom stereocenters. The van der Waals surface area contributed by atoms with Crippen LogP contribution in [-0.4, -0.2) is 202 Å². The molecule has 20 nitrogen and oxygen atoms in total. The molecule has 424 valence electrons. The summed E-state index contributed by atoms with van der Waals surface area (Å²) in [4.78, 5) is 33.4. The lowest BCUT2D eigenvalue weighted by Gasteiger charge is -2.32. The highest BCUT2D eigenvalue weighted by molar-refractivity contribution is 7.47. The highest BCUT2D eigenvalue weighted by atomic mass is 31.2. The standard InChI is InChI=1S/C52H93N2O18P/c1-7-19-71-73(57,58)72-22-18-53-50(55)15-20-59-23-25-61-27-29-63-31-33-65-35-37-67-39-41-69-43-44-70-42-40-68-38-36-66-34-32-64-30-28-62-26-24-60-21-17-54-51(56)45-47(3)11-8-10-46(2)13-14-49-48(4)12-9-16-52(49,5)6/h8,10-11,13-14,45H,7,9,12,15-44H2,1-6H3,(H,53,55)(H,54,56)(H,57,58)/b11-8+,14-13+,46-10+,47-45+. The van der Waals surface area contributed by atoms with Crippen LogP contribution in [0.5, 0.6) is 0 Å². The number of phosphoric acid groups is 1. The van der Waals surface area contributed by atoms with Crippen molar-refractivity contribution >= 4 is 19.6 Å². The molecular weight excluding hydrogens is 972 g/mol. The molecule has 1 aliphatic carbocycles. The number of ether oxygens (including phenoxy) is 12. The van der Waals surface area contributed by atoms with Crippen LogP contribution in [0.15, 0.2) is 58.7 Å². The van der Waals surface area contributed by atoms with Gasteiger partial charge < -0.3 is 72.4 Å². The number of hydrogen-bond donors (Lipinski definition) is 3. The van der Waals surface area contributed by atoms with Crippen molar-refractivity contribution in [3.8, 4) is 0 Å². The van der Waals surface area contributed by atoms with Gasteiger partial charge in [0.1, 0.15) is 0 Å². The monoisotopic (exact) mass is 1060 g/mol. The third-order valence-corrected chi connectivity index (χ3v) is 11.4. The Hall–Kier alpha value is -2.73. The van der Waals surface area contributed by atoms with E-state index in [0.717, 1.165) is 11.1 Å². The Balaban J connectivity index is 1.75. The second-order valence-corrected chi connectivity index (χ2v) is 18.8. The van der Waals surface area contributed by atoms with Gasteiger partial charge in [0.2, 0.25) is 11.8 Å². The molecule has 21 heteroatoms. The van der Waals surface area contributed by atoms with E-state index in [1.807, 2.05) is 26.0 Å². The van der Waals surface area contributed by atoms with E-state index in [0.29, 0.717) is 165 Å². The summed E-state index contributed by atoms with van der Waals surface area (Å²) in [7, 11) is -4.07. The number of amides is 2. The Morgan fingerprint density at radius 1 is 0.562 bits per heavy atom. The minimum absolute atomic E-state index is 0.0883. The zero-order valence-corrected chi connectivity index (χ0v) is 46.0. The lowest BCUT2D eigenvalue weighted by molar-refractivity contribution is -0.122. The van der Waals surface area contributed by atoms with Crippen LogP contribution in [0, 0.1) is 5.41 Å². The summed E-state index contributed by atoms with van der Waals surface area (Å²) in [5.74, 6) is -0.405. The Morgan fingerprint density at radius 3 is 1.38 bits per heavy atom. The molecule has 0 saturated carbocycles. The van der Waals surface area contributed by atoms with Crippen LogP contribution in [0.4, 0.5) is 0 Å². The predicted molar refractivity (Wildman–Crippen MR) is 279 cm³/mol. The topological polar surface area (TPSA) is 225 Å². The van der Waals surface area contributed by atoms with Crippen molar-refractivity contribution < 1.29 is 84.9 Å². The fourth-order valence-corrected chi connectivity index (χ4v) is 7.36. The van der Waals surface area contributed by atoms with Crippen molar-refractivity contribution in [2.24, 2.45) is 5.41 Å².